The van der Waals surface area contributed by atoms with E-state index in [4.69, 9.17) is 11.6 Å². The van der Waals surface area contributed by atoms with Gasteiger partial charge in [0.05, 0.1) is 0 Å². The molecule has 0 fully saturated rings. The zero-order valence-corrected chi connectivity index (χ0v) is 11.9. The number of carbonyl (C=O) groups excluding carboxylic acids is 1. The van der Waals surface area contributed by atoms with Gasteiger partial charge in [-0.2, -0.15) is 0 Å². The SMILES string of the molecule is O=C(NCCc1ccc(Cl)cc1)c1ccc(S)cc1. The summed E-state index contributed by atoms with van der Waals surface area (Å²) in [6, 6.07) is 14.8. The van der Waals surface area contributed by atoms with Crippen molar-refractivity contribution >= 4 is 30.1 Å². The summed E-state index contributed by atoms with van der Waals surface area (Å²) in [7, 11) is 0. The first-order valence-electron chi connectivity index (χ1n) is 5.97. The molecule has 2 nitrogen and oxygen atoms in total. The van der Waals surface area contributed by atoms with Crippen LogP contribution in [0.15, 0.2) is 53.4 Å². The Morgan fingerprint density at radius 2 is 1.68 bits per heavy atom. The van der Waals surface area contributed by atoms with Gasteiger partial charge in [0, 0.05) is 22.0 Å². The molecule has 0 unspecified atom stereocenters. The summed E-state index contributed by atoms with van der Waals surface area (Å²) >= 11 is 10.00. The number of hydrogen-bond donors (Lipinski definition) is 2. The van der Waals surface area contributed by atoms with Crippen molar-refractivity contribution in [2.45, 2.75) is 11.3 Å². The van der Waals surface area contributed by atoms with Crippen LogP contribution in [0, 0.1) is 0 Å². The monoisotopic (exact) mass is 291 g/mol. The second kappa shape index (κ2) is 6.64. The first-order chi connectivity index (χ1) is 9.15. The standard InChI is InChI=1S/C15H14ClNOS/c16-13-5-1-11(2-6-13)9-10-17-15(18)12-3-7-14(19)8-4-12/h1-8,19H,9-10H2,(H,17,18). The van der Waals surface area contributed by atoms with Crippen LogP contribution in [0.5, 0.6) is 0 Å². The zero-order chi connectivity index (χ0) is 13.7. The van der Waals surface area contributed by atoms with Crippen LogP contribution in [0.2, 0.25) is 5.02 Å². The first-order valence-corrected chi connectivity index (χ1v) is 6.79. The molecule has 0 saturated carbocycles. The van der Waals surface area contributed by atoms with Crippen LogP contribution in [-0.4, -0.2) is 12.5 Å². The minimum absolute atomic E-state index is 0.0673. The summed E-state index contributed by atoms with van der Waals surface area (Å²) in [6.45, 7) is 0.600. The van der Waals surface area contributed by atoms with Crippen molar-refractivity contribution in [2.24, 2.45) is 0 Å². The van der Waals surface area contributed by atoms with Gasteiger partial charge in [-0.1, -0.05) is 23.7 Å². The molecule has 2 aromatic rings. The Bertz CT molecular complexity index is 551. The molecule has 0 heterocycles. The normalized spacial score (nSPS) is 10.2. The predicted molar refractivity (Wildman–Crippen MR) is 81.2 cm³/mol. The highest BCUT2D eigenvalue weighted by Gasteiger charge is 2.04. The van der Waals surface area contributed by atoms with Gasteiger partial charge >= 0.3 is 0 Å². The molecule has 4 heteroatoms. The fourth-order valence-electron chi connectivity index (χ4n) is 1.69. The van der Waals surface area contributed by atoms with Crippen molar-refractivity contribution in [1.29, 1.82) is 0 Å². The molecule has 0 bridgehead atoms. The maximum absolute atomic E-state index is 11.8. The molecule has 0 aromatic heterocycles. The van der Waals surface area contributed by atoms with Crippen LogP contribution < -0.4 is 5.32 Å². The van der Waals surface area contributed by atoms with E-state index >= 15 is 0 Å². The molecule has 0 radical (unpaired) electrons. The Labute approximate surface area is 123 Å². The van der Waals surface area contributed by atoms with E-state index in [9.17, 15) is 4.79 Å². The van der Waals surface area contributed by atoms with Gasteiger partial charge in [0.25, 0.3) is 5.91 Å². The van der Waals surface area contributed by atoms with E-state index in [1.54, 1.807) is 24.3 Å². The van der Waals surface area contributed by atoms with Gasteiger partial charge in [-0.15, -0.1) is 12.6 Å². The van der Waals surface area contributed by atoms with Gasteiger partial charge in [0.2, 0.25) is 0 Å². The minimum atomic E-state index is -0.0673. The number of rotatable bonds is 4. The van der Waals surface area contributed by atoms with Crippen LogP contribution in [0.1, 0.15) is 15.9 Å². The number of hydrogen-bond acceptors (Lipinski definition) is 2. The Kier molecular flexibility index (Phi) is 4.88. The molecule has 1 N–H and O–H groups in total. The quantitative estimate of drug-likeness (QED) is 0.828. The van der Waals surface area contributed by atoms with Crippen LogP contribution in [0.25, 0.3) is 0 Å². The molecular weight excluding hydrogens is 278 g/mol. The van der Waals surface area contributed by atoms with E-state index in [1.165, 1.54) is 0 Å². The van der Waals surface area contributed by atoms with Gasteiger partial charge in [0.1, 0.15) is 0 Å². The maximum Gasteiger partial charge on any atom is 0.251 e. The fourth-order valence-corrected chi connectivity index (χ4v) is 1.96. The maximum atomic E-state index is 11.8. The van der Waals surface area contributed by atoms with Gasteiger partial charge < -0.3 is 5.32 Å². The lowest BCUT2D eigenvalue weighted by Gasteiger charge is -2.05. The third-order valence-corrected chi connectivity index (χ3v) is 3.29. The molecule has 0 aliphatic heterocycles. The number of thiol groups is 1. The number of nitrogens with one attached hydrogen (secondary N) is 1. The lowest BCUT2D eigenvalue weighted by Crippen LogP contribution is -2.25. The molecule has 0 aliphatic carbocycles. The van der Waals surface area contributed by atoms with Crippen molar-refractivity contribution in [3.8, 4) is 0 Å². The summed E-state index contributed by atoms with van der Waals surface area (Å²) in [5, 5.41) is 3.61. The highest BCUT2D eigenvalue weighted by atomic mass is 35.5. The summed E-state index contributed by atoms with van der Waals surface area (Å²) in [4.78, 5) is 12.7. The molecule has 0 atom stereocenters. The number of halogens is 1. The first kappa shape index (κ1) is 14.0. The van der Waals surface area contributed by atoms with E-state index in [1.807, 2.05) is 24.3 Å². The zero-order valence-electron chi connectivity index (χ0n) is 10.3. The molecule has 0 aliphatic rings. The number of amides is 1. The molecule has 19 heavy (non-hydrogen) atoms. The van der Waals surface area contributed by atoms with Gasteiger partial charge in [0.15, 0.2) is 0 Å². The van der Waals surface area contributed by atoms with E-state index in [0.717, 1.165) is 21.9 Å². The average Bonchev–Trinajstić information content (AvgIpc) is 2.41. The van der Waals surface area contributed by atoms with E-state index in [0.29, 0.717) is 12.1 Å². The van der Waals surface area contributed by atoms with Crippen molar-refractivity contribution in [3.05, 3.63) is 64.7 Å². The molecule has 2 aromatic carbocycles. The highest BCUT2D eigenvalue weighted by molar-refractivity contribution is 7.80. The average molecular weight is 292 g/mol. The molecule has 2 rings (SSSR count). The van der Waals surface area contributed by atoms with Gasteiger partial charge in [-0.3, -0.25) is 4.79 Å². The third kappa shape index (κ3) is 4.30. The van der Waals surface area contributed by atoms with Crippen molar-refractivity contribution in [1.82, 2.24) is 5.32 Å². The lowest BCUT2D eigenvalue weighted by atomic mass is 10.1. The second-order valence-electron chi connectivity index (χ2n) is 4.18. The Morgan fingerprint density at radius 3 is 2.32 bits per heavy atom. The Balaban J connectivity index is 1.84. The van der Waals surface area contributed by atoms with E-state index < -0.39 is 0 Å². The Morgan fingerprint density at radius 1 is 1.05 bits per heavy atom. The van der Waals surface area contributed by atoms with E-state index in [2.05, 4.69) is 17.9 Å². The van der Waals surface area contributed by atoms with E-state index in [-0.39, 0.29) is 5.91 Å². The summed E-state index contributed by atoms with van der Waals surface area (Å²) in [5.74, 6) is -0.0673. The van der Waals surface area contributed by atoms with Crippen molar-refractivity contribution in [3.63, 3.8) is 0 Å². The Hall–Kier alpha value is -1.45. The number of benzene rings is 2. The molecular formula is C15H14ClNOS. The summed E-state index contributed by atoms with van der Waals surface area (Å²) < 4.78 is 0. The van der Waals surface area contributed by atoms with Crippen LogP contribution in [0.4, 0.5) is 0 Å². The smallest absolute Gasteiger partial charge is 0.251 e. The van der Waals surface area contributed by atoms with Crippen molar-refractivity contribution < 1.29 is 4.79 Å². The molecule has 1 amide bonds. The third-order valence-electron chi connectivity index (χ3n) is 2.74. The molecule has 0 saturated heterocycles. The van der Waals surface area contributed by atoms with Crippen LogP contribution in [-0.2, 0) is 6.42 Å². The van der Waals surface area contributed by atoms with Crippen molar-refractivity contribution in [2.75, 3.05) is 6.54 Å². The molecule has 98 valence electrons. The molecule has 0 spiro atoms. The summed E-state index contributed by atoms with van der Waals surface area (Å²) in [6.07, 6.45) is 0.785. The predicted octanol–water partition coefficient (Wildman–Crippen LogP) is 3.60. The highest BCUT2D eigenvalue weighted by Crippen LogP contribution is 2.10. The largest absolute Gasteiger partial charge is 0.352 e. The number of carbonyl (C=O) groups is 1. The second-order valence-corrected chi connectivity index (χ2v) is 5.13. The van der Waals surface area contributed by atoms with Crippen LogP contribution in [0.3, 0.4) is 0 Å². The fraction of sp³-hybridized carbons (Fsp3) is 0.133. The van der Waals surface area contributed by atoms with Gasteiger partial charge in [-0.05, 0) is 48.4 Å². The topological polar surface area (TPSA) is 29.1 Å². The lowest BCUT2D eigenvalue weighted by molar-refractivity contribution is 0.0954. The van der Waals surface area contributed by atoms with Gasteiger partial charge in [-0.25, -0.2) is 0 Å². The summed E-state index contributed by atoms with van der Waals surface area (Å²) in [5.41, 5.74) is 1.80. The minimum Gasteiger partial charge on any atom is -0.352 e. The van der Waals surface area contributed by atoms with Crippen LogP contribution >= 0.6 is 24.2 Å².